The first-order chi connectivity index (χ1) is 27.1. The number of nitrogens with one attached hydrogen (secondary N) is 1. The number of halogens is 1. The highest BCUT2D eigenvalue weighted by Gasteiger charge is 2.46. The monoisotopic (exact) mass is 774 g/mol. The summed E-state index contributed by atoms with van der Waals surface area (Å²) in [5.41, 5.74) is 6.07. The van der Waals surface area contributed by atoms with Crippen molar-refractivity contribution < 1.29 is 19.2 Å². The summed E-state index contributed by atoms with van der Waals surface area (Å²) in [5, 5.41) is 12.1. The third-order valence-electron chi connectivity index (χ3n) is 13.2. The van der Waals surface area contributed by atoms with E-state index in [9.17, 15) is 24.4 Å². The molecule has 0 radical (unpaired) electrons. The second kappa shape index (κ2) is 14.4. The summed E-state index contributed by atoms with van der Waals surface area (Å²) in [7, 11) is 0. The quantitative estimate of drug-likeness (QED) is 0.337. The summed E-state index contributed by atoms with van der Waals surface area (Å²) in [6.07, 6.45) is 3.77. The summed E-state index contributed by atoms with van der Waals surface area (Å²) in [6, 6.07) is 22.0. The van der Waals surface area contributed by atoms with E-state index in [1.54, 1.807) is 12.1 Å². The lowest BCUT2D eigenvalue weighted by molar-refractivity contribution is -0.136. The second-order valence-corrected chi connectivity index (χ2v) is 17.1. The first-order valence-electron chi connectivity index (χ1n) is 20.0. The number of piperazine rings is 1. The van der Waals surface area contributed by atoms with E-state index in [4.69, 9.17) is 11.6 Å². The standard InChI is InChI=1S/C43H47ClN8O4/c1-28-22-43(27-51(28)34-3-2-30(23-45)37(44)21-34)12-14-48(15-13-43)31-4-6-32(7-5-31)49-18-16-47(17-19-49)24-29-25-50(26-29)33-8-9-35-36(20-33)42(56)52(41(35)55)38-10-11-39(53)46-40(38)54/h2-9,20-21,28-29,38H,10-19,22,24-27H2,1H3,(H,46,53,54)/t28-,38?/m0/s1. The van der Waals surface area contributed by atoms with Gasteiger partial charge in [0, 0.05) is 107 Å². The molecular weight excluding hydrogens is 728 g/mol. The number of anilines is 4. The van der Waals surface area contributed by atoms with Gasteiger partial charge in [-0.05, 0) is 98.7 Å². The van der Waals surface area contributed by atoms with Gasteiger partial charge in [-0.2, -0.15) is 5.26 Å². The Kier molecular flexibility index (Phi) is 9.41. The third kappa shape index (κ3) is 6.64. The molecule has 56 heavy (non-hydrogen) atoms. The van der Waals surface area contributed by atoms with E-state index in [1.165, 1.54) is 30.6 Å². The van der Waals surface area contributed by atoms with Crippen LogP contribution in [0.3, 0.4) is 0 Å². The first-order valence-corrected chi connectivity index (χ1v) is 20.3. The highest BCUT2D eigenvalue weighted by Crippen LogP contribution is 2.46. The molecule has 9 rings (SSSR count). The van der Waals surface area contributed by atoms with Crippen molar-refractivity contribution in [2.45, 2.75) is 51.1 Å². The molecule has 0 saturated carbocycles. The molecule has 3 aromatic rings. The number of hydrogen-bond acceptors (Lipinski definition) is 10. The van der Waals surface area contributed by atoms with E-state index in [1.807, 2.05) is 24.3 Å². The number of nitrogens with zero attached hydrogens (tertiary/aromatic N) is 7. The number of imide groups is 2. The molecule has 0 bridgehead atoms. The van der Waals surface area contributed by atoms with E-state index < -0.39 is 23.8 Å². The van der Waals surface area contributed by atoms with Gasteiger partial charge >= 0.3 is 0 Å². The number of hydrogen-bond donors (Lipinski definition) is 1. The normalized spacial score (nSPS) is 24.1. The molecule has 0 aliphatic carbocycles. The fourth-order valence-electron chi connectivity index (χ4n) is 10.0. The lowest BCUT2D eigenvalue weighted by Crippen LogP contribution is -2.55. The molecule has 2 atom stereocenters. The molecule has 1 spiro atoms. The van der Waals surface area contributed by atoms with Gasteiger partial charge in [-0.1, -0.05) is 11.6 Å². The summed E-state index contributed by atoms with van der Waals surface area (Å²) in [5.74, 6) is -1.39. The van der Waals surface area contributed by atoms with Crippen molar-refractivity contribution >= 4 is 58.0 Å². The van der Waals surface area contributed by atoms with Crippen molar-refractivity contribution in [3.05, 3.63) is 82.4 Å². The van der Waals surface area contributed by atoms with E-state index in [2.05, 4.69) is 67.1 Å². The first kappa shape index (κ1) is 36.5. The zero-order chi connectivity index (χ0) is 38.7. The molecular formula is C43H47ClN8O4. The molecule has 12 nitrogen and oxygen atoms in total. The van der Waals surface area contributed by atoms with Gasteiger partial charge in [0.15, 0.2) is 0 Å². The lowest BCUT2D eigenvalue weighted by Gasteiger charge is -2.45. The van der Waals surface area contributed by atoms with Gasteiger partial charge in [-0.3, -0.25) is 34.3 Å². The molecule has 1 N–H and O–H groups in total. The van der Waals surface area contributed by atoms with Gasteiger partial charge in [0.2, 0.25) is 11.8 Å². The van der Waals surface area contributed by atoms with E-state index in [0.29, 0.717) is 39.1 Å². The van der Waals surface area contributed by atoms with Crippen LogP contribution < -0.4 is 24.9 Å². The van der Waals surface area contributed by atoms with Crippen LogP contribution in [0, 0.1) is 22.7 Å². The molecule has 290 valence electrons. The van der Waals surface area contributed by atoms with Crippen molar-refractivity contribution in [3.63, 3.8) is 0 Å². The van der Waals surface area contributed by atoms with Gasteiger partial charge in [0.05, 0.1) is 21.7 Å². The fourth-order valence-corrected chi connectivity index (χ4v) is 10.2. The number of amides is 4. The van der Waals surface area contributed by atoms with E-state index in [0.717, 1.165) is 81.7 Å². The SMILES string of the molecule is C[C@H]1CC2(CCN(c3ccc(N4CCN(CC5CN(c6ccc7c(c6)C(=O)N(C6CCC(=O)NC6=O)C7=O)C5)CC4)cc3)CC2)CN1c1ccc(C#N)c(Cl)c1. The molecule has 5 fully saturated rings. The number of fused-ring (bicyclic) bond motifs is 1. The maximum absolute atomic E-state index is 13.3. The molecule has 6 aliphatic rings. The predicted molar refractivity (Wildman–Crippen MR) is 215 cm³/mol. The largest absolute Gasteiger partial charge is 0.371 e. The molecule has 6 heterocycles. The Balaban J connectivity index is 0.725. The summed E-state index contributed by atoms with van der Waals surface area (Å²) in [6.45, 7) is 12.3. The van der Waals surface area contributed by atoms with Crippen LogP contribution in [0.1, 0.15) is 65.3 Å². The Labute approximate surface area is 332 Å². The molecule has 3 aromatic carbocycles. The van der Waals surface area contributed by atoms with Gasteiger partial charge in [0.25, 0.3) is 11.8 Å². The minimum absolute atomic E-state index is 0.105. The number of piperidine rings is 2. The van der Waals surface area contributed by atoms with Crippen molar-refractivity contribution in [3.8, 4) is 6.07 Å². The van der Waals surface area contributed by atoms with Crippen molar-refractivity contribution in [1.29, 1.82) is 5.26 Å². The number of carbonyl (C=O) groups excluding carboxylic acids is 4. The number of benzene rings is 3. The van der Waals surface area contributed by atoms with Crippen molar-refractivity contribution in [2.75, 3.05) is 85.0 Å². The molecule has 1 unspecified atom stereocenters. The van der Waals surface area contributed by atoms with Crippen LogP contribution in [0.15, 0.2) is 60.7 Å². The maximum atomic E-state index is 13.3. The van der Waals surface area contributed by atoms with Gasteiger partial charge in [0.1, 0.15) is 12.1 Å². The average molecular weight is 775 g/mol. The topological polar surface area (TPSA) is 124 Å². The molecule has 5 saturated heterocycles. The molecule has 4 amide bonds. The third-order valence-corrected chi connectivity index (χ3v) is 13.5. The summed E-state index contributed by atoms with van der Waals surface area (Å²) >= 11 is 6.39. The Hall–Kier alpha value is -5.12. The average Bonchev–Trinajstić information content (AvgIpc) is 3.64. The van der Waals surface area contributed by atoms with Gasteiger partial charge in [-0.15, -0.1) is 0 Å². The molecule has 0 aromatic heterocycles. The van der Waals surface area contributed by atoms with Gasteiger partial charge in [-0.25, -0.2) is 0 Å². The molecule has 13 heteroatoms. The lowest BCUT2D eigenvalue weighted by atomic mass is 9.76. The van der Waals surface area contributed by atoms with Crippen LogP contribution in [0.5, 0.6) is 0 Å². The number of nitriles is 1. The molecule has 6 aliphatic heterocycles. The number of rotatable bonds is 7. The predicted octanol–water partition coefficient (Wildman–Crippen LogP) is 4.76. The fraction of sp³-hybridized carbons (Fsp3) is 0.465. The Bertz CT molecular complexity index is 2110. The zero-order valence-electron chi connectivity index (χ0n) is 31.8. The summed E-state index contributed by atoms with van der Waals surface area (Å²) in [4.78, 5) is 63.7. The van der Waals surface area contributed by atoms with Crippen LogP contribution >= 0.6 is 11.6 Å². The van der Waals surface area contributed by atoms with Crippen LogP contribution in [-0.2, 0) is 9.59 Å². The van der Waals surface area contributed by atoms with Crippen LogP contribution in [-0.4, -0.2) is 111 Å². The highest BCUT2D eigenvalue weighted by molar-refractivity contribution is 6.32. The van der Waals surface area contributed by atoms with Crippen molar-refractivity contribution in [2.24, 2.45) is 11.3 Å². The van der Waals surface area contributed by atoms with E-state index in [-0.39, 0.29) is 18.7 Å². The Morgan fingerprint density at radius 2 is 1.43 bits per heavy atom. The smallest absolute Gasteiger partial charge is 0.262 e. The van der Waals surface area contributed by atoms with Crippen LogP contribution in [0.25, 0.3) is 0 Å². The maximum Gasteiger partial charge on any atom is 0.262 e. The van der Waals surface area contributed by atoms with Gasteiger partial charge < -0.3 is 19.6 Å². The summed E-state index contributed by atoms with van der Waals surface area (Å²) < 4.78 is 0. The zero-order valence-corrected chi connectivity index (χ0v) is 32.5. The Morgan fingerprint density at radius 3 is 2.09 bits per heavy atom. The van der Waals surface area contributed by atoms with Crippen LogP contribution in [0.4, 0.5) is 22.7 Å². The minimum Gasteiger partial charge on any atom is -0.371 e. The second-order valence-electron chi connectivity index (χ2n) is 16.7. The van der Waals surface area contributed by atoms with E-state index >= 15 is 0 Å². The minimum atomic E-state index is -0.955. The Morgan fingerprint density at radius 1 is 0.786 bits per heavy atom. The van der Waals surface area contributed by atoms with Crippen LogP contribution in [0.2, 0.25) is 5.02 Å². The highest BCUT2D eigenvalue weighted by atomic mass is 35.5. The van der Waals surface area contributed by atoms with Crippen molar-refractivity contribution in [1.82, 2.24) is 15.1 Å². The number of carbonyl (C=O) groups is 4.